The lowest BCUT2D eigenvalue weighted by atomic mass is 10.2. The Kier molecular flexibility index (Phi) is 3.39. The number of hydrogen-bond acceptors (Lipinski definition) is 4. The summed E-state index contributed by atoms with van der Waals surface area (Å²) in [7, 11) is 2.11. The third kappa shape index (κ3) is 2.02. The van der Waals surface area contributed by atoms with Crippen molar-refractivity contribution in [2.75, 3.05) is 18.5 Å². The maximum absolute atomic E-state index is 4.41. The molecule has 0 aromatic carbocycles. The van der Waals surface area contributed by atoms with Gasteiger partial charge in [-0.05, 0) is 24.3 Å². The Morgan fingerprint density at radius 2 is 2.19 bits per heavy atom. The summed E-state index contributed by atoms with van der Waals surface area (Å²) in [5.41, 5.74) is 1.28. The van der Waals surface area contributed by atoms with E-state index in [2.05, 4.69) is 41.1 Å². The fraction of sp³-hybridized carbons (Fsp3) is 0.500. The molecule has 4 heteroatoms. The van der Waals surface area contributed by atoms with E-state index < -0.39 is 0 Å². The summed E-state index contributed by atoms with van der Waals surface area (Å²) in [6.07, 6.45) is 4.07. The predicted octanol–water partition coefficient (Wildman–Crippen LogP) is 3.24. The second-order valence-electron chi connectivity index (χ2n) is 4.07. The average Bonchev–Trinajstić information content (AvgIpc) is 2.68. The minimum Gasteiger partial charge on any atom is -0.359 e. The molecule has 0 N–H and O–H groups in total. The van der Waals surface area contributed by atoms with Crippen molar-refractivity contribution in [3.8, 4) is 0 Å². The number of aromatic nitrogens is 2. The van der Waals surface area contributed by atoms with Gasteiger partial charge in [-0.3, -0.25) is 0 Å². The largest absolute Gasteiger partial charge is 0.359 e. The molecule has 0 amide bonds. The lowest BCUT2D eigenvalue weighted by Gasteiger charge is -2.18. The maximum Gasteiger partial charge on any atom is 0.140 e. The Labute approximate surface area is 100 Å². The maximum atomic E-state index is 4.41. The molecule has 0 fully saturated rings. The minimum atomic E-state index is 1.05. The van der Waals surface area contributed by atoms with Gasteiger partial charge in [0.1, 0.15) is 17.0 Å². The van der Waals surface area contributed by atoms with Gasteiger partial charge < -0.3 is 4.90 Å². The van der Waals surface area contributed by atoms with Crippen molar-refractivity contribution in [1.82, 2.24) is 9.97 Å². The van der Waals surface area contributed by atoms with Crippen LogP contribution in [0.25, 0.3) is 10.2 Å². The van der Waals surface area contributed by atoms with Gasteiger partial charge in [0.2, 0.25) is 0 Å². The molecule has 2 aromatic heterocycles. The molecular formula is C12H17N3S. The van der Waals surface area contributed by atoms with E-state index >= 15 is 0 Å². The molecular weight excluding hydrogens is 218 g/mol. The molecule has 2 rings (SSSR count). The normalized spacial score (nSPS) is 10.9. The number of aryl methyl sites for hydroxylation is 1. The quantitative estimate of drug-likeness (QED) is 0.814. The molecule has 0 aliphatic carbocycles. The predicted molar refractivity (Wildman–Crippen MR) is 70.3 cm³/mol. The second-order valence-corrected chi connectivity index (χ2v) is 4.93. The molecule has 0 atom stereocenters. The highest BCUT2D eigenvalue weighted by molar-refractivity contribution is 7.17. The zero-order valence-corrected chi connectivity index (χ0v) is 10.8. The smallest absolute Gasteiger partial charge is 0.140 e. The zero-order valence-electron chi connectivity index (χ0n) is 10.0. The van der Waals surface area contributed by atoms with Crippen LogP contribution in [0.4, 0.5) is 5.82 Å². The number of hydrogen-bond donors (Lipinski definition) is 0. The molecule has 0 saturated heterocycles. The van der Waals surface area contributed by atoms with Gasteiger partial charge in [-0.15, -0.1) is 11.3 Å². The topological polar surface area (TPSA) is 29.0 Å². The van der Waals surface area contributed by atoms with Crippen LogP contribution in [0, 0.1) is 6.92 Å². The van der Waals surface area contributed by atoms with Crippen molar-refractivity contribution in [3.05, 3.63) is 17.3 Å². The van der Waals surface area contributed by atoms with Crippen LogP contribution in [0.3, 0.4) is 0 Å². The van der Waals surface area contributed by atoms with E-state index in [0.29, 0.717) is 0 Å². The van der Waals surface area contributed by atoms with Crippen LogP contribution in [0.15, 0.2) is 11.7 Å². The van der Waals surface area contributed by atoms with Crippen molar-refractivity contribution in [2.45, 2.75) is 26.7 Å². The Morgan fingerprint density at radius 3 is 2.94 bits per heavy atom. The van der Waals surface area contributed by atoms with Crippen molar-refractivity contribution in [3.63, 3.8) is 0 Å². The first-order valence-electron chi connectivity index (χ1n) is 5.64. The summed E-state index contributed by atoms with van der Waals surface area (Å²) in [6, 6.07) is 0. The molecule has 3 nitrogen and oxygen atoms in total. The van der Waals surface area contributed by atoms with Crippen molar-refractivity contribution >= 4 is 27.4 Å². The van der Waals surface area contributed by atoms with Crippen LogP contribution in [0.5, 0.6) is 0 Å². The minimum absolute atomic E-state index is 1.05. The van der Waals surface area contributed by atoms with E-state index in [1.165, 1.54) is 23.8 Å². The van der Waals surface area contributed by atoms with Gasteiger partial charge >= 0.3 is 0 Å². The number of unbranched alkanes of at least 4 members (excludes halogenated alkanes) is 1. The summed E-state index contributed by atoms with van der Waals surface area (Å²) in [6.45, 7) is 5.39. The first-order chi connectivity index (χ1) is 7.74. The zero-order chi connectivity index (χ0) is 11.5. The highest BCUT2D eigenvalue weighted by Crippen LogP contribution is 2.30. The molecule has 0 aliphatic heterocycles. The van der Waals surface area contributed by atoms with Gasteiger partial charge in [0.05, 0.1) is 5.39 Å². The monoisotopic (exact) mass is 235 g/mol. The van der Waals surface area contributed by atoms with Gasteiger partial charge in [0, 0.05) is 13.6 Å². The Bertz CT molecular complexity index is 478. The number of fused-ring (bicyclic) bond motifs is 1. The third-order valence-corrected chi connectivity index (χ3v) is 3.75. The van der Waals surface area contributed by atoms with E-state index in [9.17, 15) is 0 Å². The van der Waals surface area contributed by atoms with E-state index in [0.717, 1.165) is 17.2 Å². The Hall–Kier alpha value is -1.16. The first-order valence-corrected chi connectivity index (χ1v) is 6.52. The summed E-state index contributed by atoms with van der Waals surface area (Å²) in [4.78, 5) is 12.0. The van der Waals surface area contributed by atoms with Gasteiger partial charge in [0.25, 0.3) is 0 Å². The van der Waals surface area contributed by atoms with Gasteiger partial charge in [-0.1, -0.05) is 13.3 Å². The molecule has 0 unspecified atom stereocenters. The molecule has 0 aliphatic rings. The lowest BCUT2D eigenvalue weighted by molar-refractivity contribution is 0.761. The summed E-state index contributed by atoms with van der Waals surface area (Å²) < 4.78 is 0. The molecule has 86 valence electrons. The van der Waals surface area contributed by atoms with Gasteiger partial charge in [-0.2, -0.15) is 0 Å². The van der Waals surface area contributed by atoms with Crippen LogP contribution in [0.1, 0.15) is 25.3 Å². The van der Waals surface area contributed by atoms with E-state index in [4.69, 9.17) is 0 Å². The van der Waals surface area contributed by atoms with Crippen molar-refractivity contribution < 1.29 is 0 Å². The standard InChI is InChI=1S/C12H17N3S/c1-4-5-6-15(3)11-10-9(2)7-16-12(10)14-8-13-11/h7-8H,4-6H2,1-3H3. The number of anilines is 1. The van der Waals surface area contributed by atoms with Crippen LogP contribution in [0.2, 0.25) is 0 Å². The van der Waals surface area contributed by atoms with E-state index in [1.807, 2.05) is 0 Å². The fourth-order valence-corrected chi connectivity index (χ4v) is 2.67. The second kappa shape index (κ2) is 4.78. The Morgan fingerprint density at radius 1 is 1.38 bits per heavy atom. The average molecular weight is 235 g/mol. The SMILES string of the molecule is CCCCN(C)c1ncnc2scc(C)c12. The van der Waals surface area contributed by atoms with Crippen LogP contribution >= 0.6 is 11.3 Å². The number of nitrogens with zero attached hydrogens (tertiary/aromatic N) is 3. The highest BCUT2D eigenvalue weighted by Gasteiger charge is 2.11. The first kappa shape index (κ1) is 11.3. The molecule has 0 radical (unpaired) electrons. The molecule has 0 saturated carbocycles. The molecule has 16 heavy (non-hydrogen) atoms. The summed E-state index contributed by atoms with van der Waals surface area (Å²) >= 11 is 1.69. The lowest BCUT2D eigenvalue weighted by Crippen LogP contribution is -2.19. The third-order valence-electron chi connectivity index (χ3n) is 2.74. The summed E-state index contributed by atoms with van der Waals surface area (Å²) in [5.74, 6) is 1.07. The Balaban J connectivity index is 2.39. The summed E-state index contributed by atoms with van der Waals surface area (Å²) in [5, 5.41) is 3.36. The van der Waals surface area contributed by atoms with Crippen molar-refractivity contribution in [1.29, 1.82) is 0 Å². The van der Waals surface area contributed by atoms with E-state index in [1.54, 1.807) is 17.7 Å². The van der Waals surface area contributed by atoms with Crippen LogP contribution in [-0.2, 0) is 0 Å². The molecule has 0 spiro atoms. The van der Waals surface area contributed by atoms with Crippen LogP contribution in [-0.4, -0.2) is 23.6 Å². The molecule has 2 aromatic rings. The van der Waals surface area contributed by atoms with Crippen molar-refractivity contribution in [2.24, 2.45) is 0 Å². The number of rotatable bonds is 4. The highest BCUT2D eigenvalue weighted by atomic mass is 32.1. The van der Waals surface area contributed by atoms with Gasteiger partial charge in [-0.25, -0.2) is 9.97 Å². The fourth-order valence-electron chi connectivity index (χ4n) is 1.79. The van der Waals surface area contributed by atoms with Gasteiger partial charge in [0.15, 0.2) is 0 Å². The number of thiophene rings is 1. The molecule has 0 bridgehead atoms. The molecule has 2 heterocycles. The van der Waals surface area contributed by atoms with E-state index in [-0.39, 0.29) is 0 Å². The van der Waals surface area contributed by atoms with Crippen LogP contribution < -0.4 is 4.90 Å².